The van der Waals surface area contributed by atoms with Crippen LogP contribution in [0.25, 0.3) is 11.3 Å². The highest BCUT2D eigenvalue weighted by Crippen LogP contribution is 2.28. The molecule has 21 heavy (non-hydrogen) atoms. The van der Waals surface area contributed by atoms with Gasteiger partial charge in [0.05, 0.1) is 6.20 Å². The third-order valence-corrected chi connectivity index (χ3v) is 4.22. The number of hydrogen-bond donors (Lipinski definition) is 1. The molecule has 0 saturated heterocycles. The Hall–Kier alpha value is -0.590. The predicted molar refractivity (Wildman–Crippen MR) is 95.7 cm³/mol. The van der Waals surface area contributed by atoms with Gasteiger partial charge in [0.2, 0.25) is 0 Å². The van der Waals surface area contributed by atoms with E-state index < -0.39 is 0 Å². The Labute approximate surface area is 144 Å². The van der Waals surface area contributed by atoms with E-state index in [4.69, 9.17) is 16.0 Å². The van der Waals surface area contributed by atoms with E-state index in [0.717, 1.165) is 46.7 Å². The monoisotopic (exact) mass is 418 g/mol. The summed E-state index contributed by atoms with van der Waals surface area (Å²) in [5.41, 5.74) is 1.000. The van der Waals surface area contributed by atoms with Crippen molar-refractivity contribution in [1.29, 1.82) is 0 Å². The van der Waals surface area contributed by atoms with Crippen molar-refractivity contribution in [3.63, 3.8) is 0 Å². The van der Waals surface area contributed by atoms with Crippen LogP contribution in [0, 0.1) is 9.49 Å². The van der Waals surface area contributed by atoms with E-state index in [1.807, 2.05) is 18.2 Å². The van der Waals surface area contributed by atoms with Crippen LogP contribution in [-0.2, 0) is 6.42 Å². The fourth-order valence-corrected chi connectivity index (χ4v) is 2.77. The molecule has 1 aromatic carbocycles. The summed E-state index contributed by atoms with van der Waals surface area (Å²) >= 11 is 8.32. The first kappa shape index (κ1) is 16.8. The number of rotatable bonds is 7. The van der Waals surface area contributed by atoms with Crippen LogP contribution in [0.1, 0.15) is 26.2 Å². The Bertz CT molecular complexity index is 583. The second-order valence-electron chi connectivity index (χ2n) is 5.44. The first-order valence-electron chi connectivity index (χ1n) is 7.17. The molecule has 0 aliphatic heterocycles. The molecule has 0 radical (unpaired) electrons. The van der Waals surface area contributed by atoms with Crippen LogP contribution in [-0.4, -0.2) is 18.1 Å². The minimum absolute atomic E-state index is 0.684. The van der Waals surface area contributed by atoms with Crippen molar-refractivity contribution in [3.8, 4) is 11.3 Å². The maximum Gasteiger partial charge on any atom is 0.194 e. The van der Waals surface area contributed by atoms with Gasteiger partial charge in [0.25, 0.3) is 0 Å². The topological polar surface area (TPSA) is 38.1 Å². The Morgan fingerprint density at radius 3 is 2.95 bits per heavy atom. The largest absolute Gasteiger partial charge is 0.441 e. The van der Waals surface area contributed by atoms with Gasteiger partial charge in [0, 0.05) is 20.6 Å². The summed E-state index contributed by atoms with van der Waals surface area (Å²) in [6, 6.07) is 5.78. The first-order valence-corrected chi connectivity index (χ1v) is 8.63. The van der Waals surface area contributed by atoms with E-state index in [0.29, 0.717) is 10.9 Å². The number of benzene rings is 1. The molecular weight excluding hydrogens is 399 g/mol. The number of aryl methyl sites for hydroxylation is 1. The number of hydrogen-bond acceptors (Lipinski definition) is 3. The second-order valence-corrected chi connectivity index (χ2v) is 7.04. The molecule has 1 aromatic heterocycles. The minimum Gasteiger partial charge on any atom is -0.441 e. The lowest BCUT2D eigenvalue weighted by atomic mass is 10.2. The summed E-state index contributed by atoms with van der Waals surface area (Å²) in [5.74, 6) is 2.25. The molecule has 0 saturated carbocycles. The van der Waals surface area contributed by atoms with Crippen molar-refractivity contribution in [2.24, 2.45) is 5.92 Å². The van der Waals surface area contributed by atoms with Crippen molar-refractivity contribution >= 4 is 34.2 Å². The Balaban J connectivity index is 1.91. The lowest BCUT2D eigenvalue weighted by Crippen LogP contribution is -2.21. The molecule has 3 nitrogen and oxygen atoms in total. The Kier molecular flexibility index (Phi) is 6.51. The van der Waals surface area contributed by atoms with Gasteiger partial charge in [0.1, 0.15) is 0 Å². The maximum absolute atomic E-state index is 6.04. The second kappa shape index (κ2) is 8.15. The molecule has 0 aliphatic rings. The van der Waals surface area contributed by atoms with E-state index in [1.165, 1.54) is 0 Å². The number of oxazole rings is 1. The zero-order valence-electron chi connectivity index (χ0n) is 12.3. The molecule has 0 fully saturated rings. The quantitative estimate of drug-likeness (QED) is 0.519. The van der Waals surface area contributed by atoms with Gasteiger partial charge in [-0.25, -0.2) is 4.98 Å². The van der Waals surface area contributed by atoms with Crippen LogP contribution in [0.2, 0.25) is 5.02 Å². The van der Waals surface area contributed by atoms with Crippen LogP contribution in [0.4, 0.5) is 0 Å². The molecule has 0 unspecified atom stereocenters. The summed E-state index contributed by atoms with van der Waals surface area (Å²) in [6.07, 6.45) is 3.66. The van der Waals surface area contributed by atoms with Crippen molar-refractivity contribution < 1.29 is 4.42 Å². The molecule has 1 N–H and O–H groups in total. The van der Waals surface area contributed by atoms with E-state index >= 15 is 0 Å². The fraction of sp³-hybridized carbons (Fsp3) is 0.438. The van der Waals surface area contributed by atoms with Gasteiger partial charge in [-0.2, -0.15) is 0 Å². The number of halogens is 2. The fourth-order valence-electron chi connectivity index (χ4n) is 1.99. The van der Waals surface area contributed by atoms with Crippen LogP contribution >= 0.6 is 34.2 Å². The summed E-state index contributed by atoms with van der Waals surface area (Å²) < 4.78 is 6.94. The van der Waals surface area contributed by atoms with Gasteiger partial charge in [-0.05, 0) is 66.2 Å². The number of nitrogens with zero attached hydrogens (tertiary/aromatic N) is 1. The highest BCUT2D eigenvalue weighted by atomic mass is 127. The zero-order chi connectivity index (χ0) is 15.2. The molecule has 0 aliphatic carbocycles. The molecule has 1 heterocycles. The summed E-state index contributed by atoms with van der Waals surface area (Å²) in [5, 5.41) is 4.13. The van der Waals surface area contributed by atoms with Crippen LogP contribution < -0.4 is 5.32 Å². The third-order valence-electron chi connectivity index (χ3n) is 3.04. The van der Waals surface area contributed by atoms with E-state index in [2.05, 4.69) is 46.7 Å². The summed E-state index contributed by atoms with van der Waals surface area (Å²) in [7, 11) is 0. The smallest absolute Gasteiger partial charge is 0.194 e. The lowest BCUT2D eigenvalue weighted by Gasteiger charge is -2.05. The summed E-state index contributed by atoms with van der Waals surface area (Å²) in [6.45, 7) is 6.46. The van der Waals surface area contributed by atoms with Gasteiger partial charge < -0.3 is 9.73 Å². The normalized spacial score (nSPS) is 11.3. The van der Waals surface area contributed by atoms with Crippen molar-refractivity contribution in [1.82, 2.24) is 10.3 Å². The van der Waals surface area contributed by atoms with E-state index in [9.17, 15) is 0 Å². The highest BCUT2D eigenvalue weighted by molar-refractivity contribution is 14.1. The van der Waals surface area contributed by atoms with Crippen molar-refractivity contribution in [2.45, 2.75) is 26.7 Å². The molecule has 2 rings (SSSR count). The maximum atomic E-state index is 6.04. The van der Waals surface area contributed by atoms with Gasteiger partial charge in [-0.1, -0.05) is 25.4 Å². The average molecular weight is 419 g/mol. The van der Waals surface area contributed by atoms with Crippen LogP contribution in [0.15, 0.2) is 28.8 Å². The van der Waals surface area contributed by atoms with Gasteiger partial charge in [-0.3, -0.25) is 0 Å². The molecule has 0 bridgehead atoms. The Morgan fingerprint density at radius 2 is 2.19 bits per heavy atom. The summed E-state index contributed by atoms with van der Waals surface area (Å²) in [4.78, 5) is 4.36. The Morgan fingerprint density at radius 1 is 1.38 bits per heavy atom. The lowest BCUT2D eigenvalue weighted by molar-refractivity contribution is 0.483. The molecule has 2 aromatic rings. The van der Waals surface area contributed by atoms with Crippen LogP contribution in [0.3, 0.4) is 0 Å². The van der Waals surface area contributed by atoms with Crippen LogP contribution in [0.5, 0.6) is 0 Å². The van der Waals surface area contributed by atoms with Crippen molar-refractivity contribution in [2.75, 3.05) is 13.1 Å². The third kappa shape index (κ3) is 5.27. The zero-order valence-corrected chi connectivity index (χ0v) is 15.2. The van der Waals surface area contributed by atoms with E-state index in [1.54, 1.807) is 6.20 Å². The molecule has 5 heteroatoms. The predicted octanol–water partition coefficient (Wildman–Crippen LogP) is 4.78. The number of nitrogens with one attached hydrogen (secondary N) is 1. The van der Waals surface area contributed by atoms with Gasteiger partial charge in [-0.15, -0.1) is 0 Å². The molecule has 0 spiro atoms. The van der Waals surface area contributed by atoms with Gasteiger partial charge in [0.15, 0.2) is 11.7 Å². The molecule has 0 amide bonds. The molecular formula is C16H20ClIN2O. The van der Waals surface area contributed by atoms with Crippen molar-refractivity contribution in [3.05, 3.63) is 38.9 Å². The molecule has 0 atom stereocenters. The SMILES string of the molecule is CC(C)CNCCCc1ncc(-c2cc(Cl)ccc2I)o1. The average Bonchev–Trinajstić information content (AvgIpc) is 2.89. The minimum atomic E-state index is 0.684. The highest BCUT2D eigenvalue weighted by Gasteiger charge is 2.10. The number of aromatic nitrogens is 1. The molecule has 114 valence electrons. The standard InChI is InChI=1S/C16H20ClIN2O/c1-11(2)9-19-7-3-4-16-20-10-15(21-16)13-8-12(17)5-6-14(13)18/h5-6,8,10-11,19H,3-4,7,9H2,1-2H3. The van der Waals surface area contributed by atoms with Gasteiger partial charge >= 0.3 is 0 Å². The van der Waals surface area contributed by atoms with E-state index in [-0.39, 0.29) is 0 Å². The first-order chi connectivity index (χ1) is 10.1.